The zero-order chi connectivity index (χ0) is 13.0. The third-order valence-electron chi connectivity index (χ3n) is 3.68. The Morgan fingerprint density at radius 2 is 2.16 bits per heavy atom. The van der Waals surface area contributed by atoms with Gasteiger partial charge in [0.05, 0.1) is 0 Å². The zero-order valence-electron chi connectivity index (χ0n) is 11.8. The van der Waals surface area contributed by atoms with Crippen LogP contribution in [0, 0.1) is 12.8 Å². The lowest BCUT2D eigenvalue weighted by Crippen LogP contribution is -2.41. The first-order valence-electron chi connectivity index (χ1n) is 6.80. The number of nitrogens with two attached hydrogens (primary N) is 1. The lowest BCUT2D eigenvalue weighted by Gasteiger charge is -2.26. The molecule has 1 aromatic rings. The molecule has 0 heterocycles. The van der Waals surface area contributed by atoms with Crippen molar-refractivity contribution in [3.05, 3.63) is 29.8 Å². The highest BCUT2D eigenvalue weighted by atomic mass is 35.5. The van der Waals surface area contributed by atoms with Crippen LogP contribution >= 0.6 is 12.4 Å². The van der Waals surface area contributed by atoms with Gasteiger partial charge in [-0.1, -0.05) is 12.1 Å². The Kier molecular flexibility index (Phi) is 6.63. The lowest BCUT2D eigenvalue weighted by atomic mass is 10.1. The van der Waals surface area contributed by atoms with E-state index in [-0.39, 0.29) is 12.4 Å². The summed E-state index contributed by atoms with van der Waals surface area (Å²) in [6.07, 6.45) is 2.68. The van der Waals surface area contributed by atoms with E-state index in [1.807, 2.05) is 12.1 Å². The summed E-state index contributed by atoms with van der Waals surface area (Å²) in [5.74, 6) is 1.78. The molecule has 1 saturated carbocycles. The molecule has 108 valence electrons. The molecule has 2 N–H and O–H groups in total. The van der Waals surface area contributed by atoms with Crippen molar-refractivity contribution in [2.45, 2.75) is 25.8 Å². The smallest absolute Gasteiger partial charge is 0.119 e. The fourth-order valence-corrected chi connectivity index (χ4v) is 2.39. The third kappa shape index (κ3) is 5.01. The highest BCUT2D eigenvalue weighted by Gasteiger charge is 2.32. The Labute approximate surface area is 122 Å². The Morgan fingerprint density at radius 1 is 1.42 bits per heavy atom. The zero-order valence-corrected chi connectivity index (χ0v) is 12.7. The summed E-state index contributed by atoms with van der Waals surface area (Å²) >= 11 is 0. The number of aryl methyl sites for hydroxylation is 1. The maximum Gasteiger partial charge on any atom is 0.119 e. The van der Waals surface area contributed by atoms with E-state index in [2.05, 4.69) is 31.0 Å². The number of hydrogen-bond donors (Lipinski definition) is 1. The summed E-state index contributed by atoms with van der Waals surface area (Å²) in [7, 11) is 2.15. The first kappa shape index (κ1) is 16.3. The molecule has 3 nitrogen and oxygen atoms in total. The van der Waals surface area contributed by atoms with Gasteiger partial charge in [-0.3, -0.25) is 4.90 Å². The molecule has 1 fully saturated rings. The van der Waals surface area contributed by atoms with Gasteiger partial charge in [-0.2, -0.15) is 0 Å². The van der Waals surface area contributed by atoms with Gasteiger partial charge < -0.3 is 10.5 Å². The number of ether oxygens (including phenoxy) is 1. The van der Waals surface area contributed by atoms with E-state index in [4.69, 9.17) is 10.5 Å². The maximum atomic E-state index is 5.83. The van der Waals surface area contributed by atoms with Crippen molar-refractivity contribution in [3.63, 3.8) is 0 Å². The molecule has 1 unspecified atom stereocenters. The van der Waals surface area contributed by atoms with Crippen LogP contribution in [0.15, 0.2) is 24.3 Å². The normalized spacial score (nSPS) is 16.0. The summed E-state index contributed by atoms with van der Waals surface area (Å²) in [5.41, 5.74) is 7.07. The minimum Gasteiger partial charge on any atom is -0.492 e. The molecule has 4 heteroatoms. The molecule has 0 aromatic heterocycles. The standard InChI is InChI=1S/C15H24N2O.ClH/c1-12-4-3-5-14(10-12)18-9-8-17(2)15(11-16)13-6-7-13;/h3-5,10,13,15H,6-9,11,16H2,1-2H3;1H. The summed E-state index contributed by atoms with van der Waals surface area (Å²) in [4.78, 5) is 2.34. The summed E-state index contributed by atoms with van der Waals surface area (Å²) < 4.78 is 5.77. The summed E-state index contributed by atoms with van der Waals surface area (Å²) in [6.45, 7) is 4.50. The fraction of sp³-hybridized carbons (Fsp3) is 0.600. The molecular formula is C15H25ClN2O. The minimum atomic E-state index is 0. The number of likely N-dealkylation sites (N-methyl/N-ethyl adjacent to an activating group) is 1. The Bertz CT molecular complexity index is 382. The van der Waals surface area contributed by atoms with Gasteiger partial charge in [0.25, 0.3) is 0 Å². The van der Waals surface area contributed by atoms with Crippen LogP contribution in [0.4, 0.5) is 0 Å². The molecule has 2 rings (SSSR count). The van der Waals surface area contributed by atoms with Gasteiger partial charge in [0.15, 0.2) is 0 Å². The van der Waals surface area contributed by atoms with Gasteiger partial charge in [-0.15, -0.1) is 12.4 Å². The van der Waals surface area contributed by atoms with Crippen LogP contribution < -0.4 is 10.5 Å². The van der Waals surface area contributed by atoms with E-state index in [0.29, 0.717) is 6.04 Å². The number of rotatable bonds is 7. The monoisotopic (exact) mass is 284 g/mol. The molecule has 1 aliphatic carbocycles. The highest BCUT2D eigenvalue weighted by Crippen LogP contribution is 2.34. The second-order valence-electron chi connectivity index (χ2n) is 5.29. The van der Waals surface area contributed by atoms with Crippen molar-refractivity contribution in [3.8, 4) is 5.75 Å². The van der Waals surface area contributed by atoms with Crippen LogP contribution in [0.2, 0.25) is 0 Å². The van der Waals surface area contributed by atoms with E-state index in [1.165, 1.54) is 18.4 Å². The van der Waals surface area contributed by atoms with Crippen LogP contribution in [0.1, 0.15) is 18.4 Å². The first-order valence-corrected chi connectivity index (χ1v) is 6.80. The maximum absolute atomic E-state index is 5.83. The van der Waals surface area contributed by atoms with Gasteiger partial charge in [-0.25, -0.2) is 0 Å². The second-order valence-corrected chi connectivity index (χ2v) is 5.29. The SMILES string of the molecule is Cc1cccc(OCCN(C)C(CN)C2CC2)c1.Cl. The van der Waals surface area contributed by atoms with E-state index in [9.17, 15) is 0 Å². The van der Waals surface area contributed by atoms with Crippen LogP contribution in [0.5, 0.6) is 5.75 Å². The highest BCUT2D eigenvalue weighted by molar-refractivity contribution is 5.85. The molecule has 0 bridgehead atoms. The number of halogens is 1. The quantitative estimate of drug-likeness (QED) is 0.836. The van der Waals surface area contributed by atoms with Crippen molar-refractivity contribution >= 4 is 12.4 Å². The Morgan fingerprint density at radius 3 is 2.74 bits per heavy atom. The van der Waals surface area contributed by atoms with Crippen molar-refractivity contribution in [2.24, 2.45) is 11.7 Å². The molecule has 0 aliphatic heterocycles. The lowest BCUT2D eigenvalue weighted by molar-refractivity contribution is 0.180. The first-order chi connectivity index (χ1) is 8.70. The van der Waals surface area contributed by atoms with E-state index in [1.54, 1.807) is 0 Å². The molecule has 0 saturated heterocycles. The van der Waals surface area contributed by atoms with E-state index >= 15 is 0 Å². The molecule has 1 atom stereocenters. The number of hydrogen-bond acceptors (Lipinski definition) is 3. The Hall–Kier alpha value is -0.770. The van der Waals surface area contributed by atoms with Crippen molar-refractivity contribution in [1.82, 2.24) is 4.90 Å². The topological polar surface area (TPSA) is 38.5 Å². The summed E-state index contributed by atoms with van der Waals surface area (Å²) in [5, 5.41) is 0. The molecule has 0 spiro atoms. The van der Waals surface area contributed by atoms with Gasteiger partial charge in [-0.05, 0) is 50.4 Å². The van der Waals surface area contributed by atoms with E-state index < -0.39 is 0 Å². The fourth-order valence-electron chi connectivity index (χ4n) is 2.39. The molecule has 0 amide bonds. The van der Waals surface area contributed by atoms with Crippen molar-refractivity contribution in [2.75, 3.05) is 26.7 Å². The van der Waals surface area contributed by atoms with Gasteiger partial charge in [0.2, 0.25) is 0 Å². The van der Waals surface area contributed by atoms with Gasteiger partial charge in [0, 0.05) is 19.1 Å². The summed E-state index contributed by atoms with van der Waals surface area (Å²) in [6, 6.07) is 8.72. The average Bonchev–Trinajstić information content (AvgIpc) is 3.14. The molecule has 1 aliphatic rings. The number of benzene rings is 1. The van der Waals surface area contributed by atoms with Gasteiger partial charge >= 0.3 is 0 Å². The minimum absolute atomic E-state index is 0. The molecule has 19 heavy (non-hydrogen) atoms. The predicted molar refractivity (Wildman–Crippen MR) is 82.1 cm³/mol. The predicted octanol–water partition coefficient (Wildman–Crippen LogP) is 2.46. The molecule has 1 aromatic carbocycles. The van der Waals surface area contributed by atoms with Crippen LogP contribution in [0.25, 0.3) is 0 Å². The molecular weight excluding hydrogens is 260 g/mol. The number of nitrogens with zero attached hydrogens (tertiary/aromatic N) is 1. The second kappa shape index (κ2) is 7.73. The Balaban J connectivity index is 0.00000180. The van der Waals surface area contributed by atoms with Gasteiger partial charge in [0.1, 0.15) is 12.4 Å². The third-order valence-corrected chi connectivity index (χ3v) is 3.68. The molecule has 0 radical (unpaired) electrons. The van der Waals surface area contributed by atoms with Crippen LogP contribution in [-0.4, -0.2) is 37.7 Å². The van der Waals surface area contributed by atoms with Crippen LogP contribution in [-0.2, 0) is 0 Å². The van der Waals surface area contributed by atoms with Crippen molar-refractivity contribution in [1.29, 1.82) is 0 Å². The average molecular weight is 285 g/mol. The van der Waals surface area contributed by atoms with Crippen molar-refractivity contribution < 1.29 is 4.74 Å². The van der Waals surface area contributed by atoms with E-state index in [0.717, 1.165) is 31.4 Å². The largest absolute Gasteiger partial charge is 0.492 e. The van der Waals surface area contributed by atoms with Crippen LogP contribution in [0.3, 0.4) is 0 Å².